The van der Waals surface area contributed by atoms with E-state index >= 15 is 0 Å². The molecule has 1 aliphatic rings. The highest BCUT2D eigenvalue weighted by atomic mass is 79.9. The van der Waals surface area contributed by atoms with Crippen molar-refractivity contribution in [3.05, 3.63) is 100 Å². The summed E-state index contributed by atoms with van der Waals surface area (Å²) in [4.78, 5) is 25.7. The molecule has 0 bridgehead atoms. The van der Waals surface area contributed by atoms with Gasteiger partial charge in [-0.05, 0) is 48.5 Å². The average molecular weight is 479 g/mol. The summed E-state index contributed by atoms with van der Waals surface area (Å²) in [5.74, 6) is 0.0610. The van der Waals surface area contributed by atoms with E-state index < -0.39 is 12.1 Å². The molecule has 1 heterocycles. The largest absolute Gasteiger partial charge is 0.497 e. The van der Waals surface area contributed by atoms with Crippen LogP contribution in [0, 0.1) is 0 Å². The standard InChI is InChI=1S/C24H20BrN3O3/c1-31-20-13-9-18(10-14-20)23(29)26-21-22(17-5-3-2-4-6-17)28(27-24(21)30)15-16-7-11-19(25)12-8-16/h2-15,21-22H,1H3,(H-,26,27,29,30)/p+1/b28-15-/t21-,22+/m0/s1. The van der Waals surface area contributed by atoms with Crippen LogP contribution in [0.15, 0.2) is 83.3 Å². The van der Waals surface area contributed by atoms with E-state index in [-0.39, 0.29) is 11.8 Å². The van der Waals surface area contributed by atoms with Crippen molar-refractivity contribution in [2.75, 3.05) is 7.11 Å². The van der Waals surface area contributed by atoms with Crippen LogP contribution in [-0.4, -0.2) is 35.9 Å². The first-order chi connectivity index (χ1) is 15.0. The van der Waals surface area contributed by atoms with Crippen LogP contribution in [-0.2, 0) is 4.79 Å². The summed E-state index contributed by atoms with van der Waals surface area (Å²) >= 11 is 3.43. The maximum Gasteiger partial charge on any atom is 0.304 e. The summed E-state index contributed by atoms with van der Waals surface area (Å²) in [5, 5.41) is 2.89. The predicted octanol–water partition coefficient (Wildman–Crippen LogP) is 3.47. The summed E-state index contributed by atoms with van der Waals surface area (Å²) in [6, 6.07) is 23.0. The third-order valence-electron chi connectivity index (χ3n) is 5.08. The van der Waals surface area contributed by atoms with Crippen molar-refractivity contribution in [1.29, 1.82) is 0 Å². The number of rotatable bonds is 5. The van der Waals surface area contributed by atoms with Gasteiger partial charge in [-0.15, -0.1) is 10.1 Å². The molecule has 1 fully saturated rings. The molecule has 0 aromatic heterocycles. The second kappa shape index (κ2) is 9.14. The molecule has 0 saturated carbocycles. The highest BCUT2D eigenvalue weighted by Crippen LogP contribution is 2.25. The highest BCUT2D eigenvalue weighted by Gasteiger charge is 2.47. The number of carbonyl (C=O) groups excluding carboxylic acids is 2. The summed E-state index contributed by atoms with van der Waals surface area (Å²) in [7, 11) is 1.57. The zero-order valence-electron chi connectivity index (χ0n) is 16.8. The van der Waals surface area contributed by atoms with Crippen LogP contribution in [0.4, 0.5) is 0 Å². The fraction of sp³-hybridized carbons (Fsp3) is 0.125. The van der Waals surface area contributed by atoms with Crippen LogP contribution in [0.25, 0.3) is 0 Å². The minimum atomic E-state index is -0.760. The second-order valence-corrected chi connectivity index (χ2v) is 8.01. The lowest BCUT2D eigenvalue weighted by Gasteiger charge is -2.14. The van der Waals surface area contributed by atoms with Crippen molar-refractivity contribution in [1.82, 2.24) is 10.7 Å². The van der Waals surface area contributed by atoms with E-state index in [1.165, 1.54) is 0 Å². The van der Waals surface area contributed by atoms with E-state index in [0.29, 0.717) is 11.3 Å². The minimum absolute atomic E-state index is 0.274. The number of ether oxygens (including phenoxy) is 1. The number of amides is 2. The Morgan fingerprint density at radius 1 is 1.03 bits per heavy atom. The third-order valence-corrected chi connectivity index (χ3v) is 5.60. The Morgan fingerprint density at radius 3 is 2.35 bits per heavy atom. The molecule has 2 amide bonds. The quantitative estimate of drug-likeness (QED) is 0.551. The molecule has 0 aliphatic carbocycles. The molecule has 2 N–H and O–H groups in total. The molecule has 7 heteroatoms. The zero-order chi connectivity index (χ0) is 21.8. The van der Waals surface area contributed by atoms with Gasteiger partial charge in [-0.3, -0.25) is 9.59 Å². The number of hydrazone groups is 1. The number of nitrogens with zero attached hydrogens (tertiary/aromatic N) is 1. The van der Waals surface area contributed by atoms with Crippen molar-refractivity contribution < 1.29 is 19.0 Å². The topological polar surface area (TPSA) is 70.4 Å². The fourth-order valence-electron chi connectivity index (χ4n) is 3.51. The van der Waals surface area contributed by atoms with Crippen molar-refractivity contribution in [3.63, 3.8) is 0 Å². The molecule has 0 spiro atoms. The van der Waals surface area contributed by atoms with Gasteiger partial charge in [-0.1, -0.05) is 46.3 Å². The van der Waals surface area contributed by atoms with Crippen LogP contribution >= 0.6 is 15.9 Å². The predicted molar refractivity (Wildman–Crippen MR) is 121 cm³/mol. The fourth-order valence-corrected chi connectivity index (χ4v) is 3.77. The lowest BCUT2D eigenvalue weighted by atomic mass is 10.00. The van der Waals surface area contributed by atoms with E-state index in [4.69, 9.17) is 4.74 Å². The van der Waals surface area contributed by atoms with Crippen LogP contribution in [0.3, 0.4) is 0 Å². The van der Waals surface area contributed by atoms with Crippen LogP contribution < -0.4 is 15.5 Å². The number of hydrazine groups is 1. The molecule has 3 aromatic rings. The Bertz CT molecular complexity index is 1110. The van der Waals surface area contributed by atoms with Crippen LogP contribution in [0.2, 0.25) is 0 Å². The van der Waals surface area contributed by atoms with Gasteiger partial charge in [0.05, 0.1) is 7.11 Å². The zero-order valence-corrected chi connectivity index (χ0v) is 18.4. The highest BCUT2D eigenvalue weighted by molar-refractivity contribution is 9.10. The summed E-state index contributed by atoms with van der Waals surface area (Å²) in [5.41, 5.74) is 5.17. The first-order valence-electron chi connectivity index (χ1n) is 9.74. The smallest absolute Gasteiger partial charge is 0.304 e. The number of halogens is 1. The summed E-state index contributed by atoms with van der Waals surface area (Å²) < 4.78 is 7.86. The third kappa shape index (κ3) is 4.67. The Kier molecular flexibility index (Phi) is 6.13. The Balaban J connectivity index is 1.65. The molecular weight excluding hydrogens is 458 g/mol. The number of methoxy groups -OCH3 is 1. The van der Waals surface area contributed by atoms with Gasteiger partial charge in [0.25, 0.3) is 5.91 Å². The molecule has 31 heavy (non-hydrogen) atoms. The lowest BCUT2D eigenvalue weighted by molar-refractivity contribution is -0.596. The number of hydrogen-bond acceptors (Lipinski definition) is 3. The first kappa shape index (κ1) is 20.8. The van der Waals surface area contributed by atoms with Crippen molar-refractivity contribution in [2.45, 2.75) is 12.1 Å². The van der Waals surface area contributed by atoms with Gasteiger partial charge >= 0.3 is 5.91 Å². The van der Waals surface area contributed by atoms with Gasteiger partial charge in [-0.2, -0.15) is 0 Å². The van der Waals surface area contributed by atoms with E-state index in [1.54, 1.807) is 36.1 Å². The molecule has 6 nitrogen and oxygen atoms in total. The molecule has 4 rings (SSSR count). The van der Waals surface area contributed by atoms with Crippen molar-refractivity contribution in [3.8, 4) is 5.75 Å². The van der Waals surface area contributed by atoms with Gasteiger partial charge in [0.2, 0.25) is 12.3 Å². The Hall–Kier alpha value is -3.45. The molecule has 1 saturated heterocycles. The Morgan fingerprint density at radius 2 is 1.71 bits per heavy atom. The van der Waals surface area contributed by atoms with E-state index in [0.717, 1.165) is 15.6 Å². The normalized spacial score (nSPS) is 19.2. The van der Waals surface area contributed by atoms with Crippen molar-refractivity contribution in [2.24, 2.45) is 0 Å². The van der Waals surface area contributed by atoms with Gasteiger partial charge in [0, 0.05) is 21.2 Å². The van der Waals surface area contributed by atoms with Gasteiger partial charge < -0.3 is 10.1 Å². The maximum absolute atomic E-state index is 12.9. The molecule has 0 radical (unpaired) electrons. The molecule has 156 valence electrons. The van der Waals surface area contributed by atoms with E-state index in [1.807, 2.05) is 60.8 Å². The van der Waals surface area contributed by atoms with Gasteiger partial charge in [-0.25, -0.2) is 0 Å². The van der Waals surface area contributed by atoms with E-state index in [9.17, 15) is 9.59 Å². The number of hydrogen-bond donors (Lipinski definition) is 2. The lowest BCUT2D eigenvalue weighted by Crippen LogP contribution is -2.42. The summed E-state index contributed by atoms with van der Waals surface area (Å²) in [6.07, 6.45) is 1.86. The average Bonchev–Trinajstić information content (AvgIpc) is 3.10. The van der Waals surface area contributed by atoms with E-state index in [2.05, 4.69) is 26.7 Å². The molecule has 1 aliphatic heterocycles. The van der Waals surface area contributed by atoms with Crippen LogP contribution in [0.1, 0.15) is 27.5 Å². The number of benzene rings is 3. The second-order valence-electron chi connectivity index (χ2n) is 7.10. The van der Waals surface area contributed by atoms with Gasteiger partial charge in [0.15, 0.2) is 6.04 Å². The molecule has 3 aromatic carbocycles. The minimum Gasteiger partial charge on any atom is -0.497 e. The molecule has 0 unspecified atom stereocenters. The number of carbonyl (C=O) groups is 2. The SMILES string of the molecule is COc1ccc(C(=O)N[C@@H]2C(=O)N/[N+](=C\c3ccc(Br)cc3)[C@@H]2c2ccccc2)cc1. The molecular formula is C24H21BrN3O3+. The van der Waals surface area contributed by atoms with Crippen molar-refractivity contribution >= 4 is 34.0 Å². The maximum atomic E-state index is 12.9. The first-order valence-corrected chi connectivity index (χ1v) is 10.5. The monoisotopic (exact) mass is 478 g/mol. The van der Waals surface area contributed by atoms with Gasteiger partial charge in [0.1, 0.15) is 5.75 Å². The molecule has 2 atom stereocenters. The Labute approximate surface area is 188 Å². The number of nitrogens with one attached hydrogen (secondary N) is 2. The van der Waals surface area contributed by atoms with Crippen LogP contribution in [0.5, 0.6) is 5.75 Å². The summed E-state index contributed by atoms with van der Waals surface area (Å²) in [6.45, 7) is 0.